The van der Waals surface area contributed by atoms with Gasteiger partial charge in [0.2, 0.25) is 0 Å². The van der Waals surface area contributed by atoms with Crippen LogP contribution in [0.4, 0.5) is 0 Å². The van der Waals surface area contributed by atoms with Crippen molar-refractivity contribution in [3.8, 4) is 11.5 Å². The van der Waals surface area contributed by atoms with Crippen LogP contribution >= 0.6 is 0 Å². The van der Waals surface area contributed by atoms with Crippen LogP contribution in [0, 0.1) is 6.92 Å². The number of esters is 1. The zero-order valence-corrected chi connectivity index (χ0v) is 15.6. The zero-order valence-electron chi connectivity index (χ0n) is 15.6. The molecule has 0 amide bonds. The summed E-state index contributed by atoms with van der Waals surface area (Å²) < 4.78 is 16.4. The molecule has 0 fully saturated rings. The second-order valence-electron chi connectivity index (χ2n) is 5.73. The van der Waals surface area contributed by atoms with Gasteiger partial charge in [-0.1, -0.05) is 18.2 Å². The summed E-state index contributed by atoms with van der Waals surface area (Å²) in [5.74, 6) is -0.263. The van der Waals surface area contributed by atoms with E-state index in [1.54, 1.807) is 50.4 Å². The lowest BCUT2D eigenvalue weighted by Crippen LogP contribution is -2.26. The van der Waals surface area contributed by atoms with Crippen LogP contribution in [0.5, 0.6) is 11.5 Å². The van der Waals surface area contributed by atoms with E-state index in [1.807, 2.05) is 0 Å². The fraction of sp³-hybridized carbons (Fsp3) is 0.250. The van der Waals surface area contributed by atoms with E-state index < -0.39 is 17.3 Å². The number of rotatable bonds is 7. The normalized spacial score (nSPS) is 10.7. The van der Waals surface area contributed by atoms with Gasteiger partial charge in [0.25, 0.3) is 5.56 Å². The van der Waals surface area contributed by atoms with E-state index in [2.05, 4.69) is 4.74 Å². The molecule has 0 aliphatic carbocycles. The zero-order chi connectivity index (χ0) is 20.0. The van der Waals surface area contributed by atoms with Gasteiger partial charge in [0.05, 0.1) is 14.2 Å². The molecule has 2 aromatic rings. The highest BCUT2D eigenvalue weighted by Gasteiger charge is 2.17. The second-order valence-corrected chi connectivity index (χ2v) is 5.73. The first kappa shape index (κ1) is 20.0. The summed E-state index contributed by atoms with van der Waals surface area (Å²) in [7, 11) is 4.29. The Kier molecular flexibility index (Phi) is 6.54. The monoisotopic (exact) mass is 371 g/mol. The number of pyridine rings is 1. The minimum Gasteiger partial charge on any atom is -0.496 e. The van der Waals surface area contributed by atoms with Crippen LogP contribution in [0.3, 0.4) is 0 Å². The van der Waals surface area contributed by atoms with Gasteiger partial charge in [0.15, 0.2) is 12.4 Å². The lowest BCUT2D eigenvalue weighted by Gasteiger charge is -2.10. The number of allylic oxidation sites excluding steroid dienone is 1. The van der Waals surface area contributed by atoms with Crippen LogP contribution in [0.15, 0.2) is 41.2 Å². The van der Waals surface area contributed by atoms with Crippen molar-refractivity contribution < 1.29 is 23.8 Å². The first-order valence-corrected chi connectivity index (χ1v) is 8.14. The van der Waals surface area contributed by atoms with Crippen molar-refractivity contribution in [2.45, 2.75) is 6.92 Å². The van der Waals surface area contributed by atoms with Crippen LogP contribution in [-0.4, -0.2) is 37.1 Å². The SMILES string of the molecule is COC(=O)COc1cccc(/C=C/C(=O)c2c(OC)cc(C)n(C)c2=O)c1. The average Bonchev–Trinajstić information content (AvgIpc) is 2.68. The molecule has 0 bridgehead atoms. The number of nitrogens with zero attached hydrogens (tertiary/aromatic N) is 1. The van der Waals surface area contributed by atoms with Crippen LogP contribution in [0.25, 0.3) is 6.08 Å². The maximum Gasteiger partial charge on any atom is 0.343 e. The van der Waals surface area contributed by atoms with Crippen LogP contribution in [-0.2, 0) is 16.6 Å². The largest absolute Gasteiger partial charge is 0.496 e. The number of carbonyl (C=O) groups excluding carboxylic acids is 2. The Morgan fingerprint density at radius 2 is 1.93 bits per heavy atom. The van der Waals surface area contributed by atoms with Gasteiger partial charge in [-0.3, -0.25) is 9.59 Å². The summed E-state index contributed by atoms with van der Waals surface area (Å²) in [6, 6.07) is 8.48. The Morgan fingerprint density at radius 1 is 1.19 bits per heavy atom. The van der Waals surface area contributed by atoms with Crippen molar-refractivity contribution in [2.75, 3.05) is 20.8 Å². The summed E-state index contributed by atoms with van der Waals surface area (Å²) in [6.07, 6.45) is 2.86. The molecule has 2 rings (SSSR count). The van der Waals surface area contributed by atoms with Gasteiger partial charge in [-0.2, -0.15) is 0 Å². The molecule has 0 saturated carbocycles. The minimum atomic E-state index is -0.492. The van der Waals surface area contributed by atoms with Crippen molar-refractivity contribution >= 4 is 17.8 Å². The molecule has 0 spiro atoms. The molecule has 0 aliphatic heterocycles. The van der Waals surface area contributed by atoms with E-state index in [1.165, 1.54) is 24.9 Å². The molecule has 1 aromatic carbocycles. The van der Waals surface area contributed by atoms with Gasteiger partial charge in [-0.15, -0.1) is 0 Å². The van der Waals surface area contributed by atoms with E-state index in [9.17, 15) is 14.4 Å². The van der Waals surface area contributed by atoms with Crippen molar-refractivity contribution in [3.05, 3.63) is 63.6 Å². The number of benzene rings is 1. The number of aromatic nitrogens is 1. The van der Waals surface area contributed by atoms with Crippen molar-refractivity contribution in [3.63, 3.8) is 0 Å². The van der Waals surface area contributed by atoms with E-state index >= 15 is 0 Å². The predicted octanol–water partition coefficient (Wildman–Crippen LogP) is 2.15. The molecule has 1 aromatic heterocycles. The number of hydrogen-bond donors (Lipinski definition) is 0. The summed E-state index contributed by atoms with van der Waals surface area (Å²) in [4.78, 5) is 36.1. The van der Waals surface area contributed by atoms with Gasteiger partial charge < -0.3 is 18.8 Å². The predicted molar refractivity (Wildman–Crippen MR) is 100 cm³/mol. The third kappa shape index (κ3) is 4.84. The summed E-state index contributed by atoms with van der Waals surface area (Å²) in [5.41, 5.74) is 0.915. The standard InChI is InChI=1S/C20H21NO6/c1-13-10-17(25-3)19(20(24)21(13)2)16(22)9-8-14-6-5-7-15(11-14)27-12-18(23)26-4/h5-11H,12H2,1-4H3/b9-8+. The Morgan fingerprint density at radius 3 is 2.59 bits per heavy atom. The summed E-state index contributed by atoms with van der Waals surface area (Å²) in [5, 5.41) is 0. The fourth-order valence-corrected chi connectivity index (χ4v) is 2.34. The Labute approximate surface area is 156 Å². The molecule has 142 valence electrons. The minimum absolute atomic E-state index is 0.0278. The molecule has 0 radical (unpaired) electrons. The highest BCUT2D eigenvalue weighted by atomic mass is 16.6. The van der Waals surface area contributed by atoms with Gasteiger partial charge in [-0.05, 0) is 30.7 Å². The first-order chi connectivity index (χ1) is 12.9. The van der Waals surface area contributed by atoms with Crippen molar-refractivity contribution in [2.24, 2.45) is 7.05 Å². The average molecular weight is 371 g/mol. The highest BCUT2D eigenvalue weighted by Crippen LogP contribution is 2.18. The molecule has 0 atom stereocenters. The number of ketones is 1. The van der Waals surface area contributed by atoms with E-state index in [-0.39, 0.29) is 17.9 Å². The van der Waals surface area contributed by atoms with Crippen LogP contribution in [0.2, 0.25) is 0 Å². The molecule has 27 heavy (non-hydrogen) atoms. The summed E-state index contributed by atoms with van der Waals surface area (Å²) >= 11 is 0. The lowest BCUT2D eigenvalue weighted by molar-refractivity contribution is -0.142. The quantitative estimate of drug-likeness (QED) is 0.421. The third-order valence-electron chi connectivity index (χ3n) is 3.97. The van der Waals surface area contributed by atoms with Crippen LogP contribution in [0.1, 0.15) is 21.6 Å². The number of hydrogen-bond acceptors (Lipinski definition) is 6. The van der Waals surface area contributed by atoms with Gasteiger partial charge >= 0.3 is 5.97 Å². The second kappa shape index (κ2) is 8.84. The van der Waals surface area contributed by atoms with E-state index in [0.29, 0.717) is 17.0 Å². The molecule has 7 heteroatoms. The maximum absolute atomic E-state index is 12.5. The molecular formula is C20H21NO6. The first-order valence-electron chi connectivity index (χ1n) is 8.14. The molecular weight excluding hydrogens is 350 g/mol. The molecule has 0 N–H and O–H groups in total. The lowest BCUT2D eigenvalue weighted by atomic mass is 10.1. The Bertz CT molecular complexity index is 942. The molecule has 0 aliphatic rings. The van der Waals surface area contributed by atoms with E-state index in [0.717, 1.165) is 0 Å². The van der Waals surface area contributed by atoms with Gasteiger partial charge in [0, 0.05) is 18.8 Å². The number of ether oxygens (including phenoxy) is 3. The smallest absolute Gasteiger partial charge is 0.343 e. The number of carbonyl (C=O) groups is 2. The number of aryl methyl sites for hydroxylation is 1. The highest BCUT2D eigenvalue weighted by molar-refractivity contribution is 6.08. The molecule has 0 saturated heterocycles. The fourth-order valence-electron chi connectivity index (χ4n) is 2.34. The third-order valence-corrected chi connectivity index (χ3v) is 3.97. The maximum atomic E-state index is 12.5. The van der Waals surface area contributed by atoms with Gasteiger partial charge in [0.1, 0.15) is 17.1 Å². The topological polar surface area (TPSA) is 83.8 Å². The summed E-state index contributed by atoms with van der Waals surface area (Å²) in [6.45, 7) is 1.55. The van der Waals surface area contributed by atoms with Crippen molar-refractivity contribution in [1.29, 1.82) is 0 Å². The van der Waals surface area contributed by atoms with E-state index in [4.69, 9.17) is 9.47 Å². The van der Waals surface area contributed by atoms with Crippen LogP contribution < -0.4 is 15.0 Å². The molecule has 7 nitrogen and oxygen atoms in total. The molecule has 1 heterocycles. The molecule has 0 unspecified atom stereocenters. The van der Waals surface area contributed by atoms with Gasteiger partial charge in [-0.25, -0.2) is 4.79 Å². The Balaban J connectivity index is 2.24. The Hall–Kier alpha value is -3.35. The van der Waals surface area contributed by atoms with Crippen molar-refractivity contribution in [1.82, 2.24) is 4.57 Å². The number of methoxy groups -OCH3 is 2.